The highest BCUT2D eigenvalue weighted by atomic mass is 35.5. The molecule has 3 rings (SSSR count). The summed E-state index contributed by atoms with van der Waals surface area (Å²) in [7, 11) is 1.45. The number of likely N-dealkylation sites (N-methyl/N-ethyl adjacent to an activating group) is 1. The van der Waals surface area contributed by atoms with Crippen molar-refractivity contribution in [3.63, 3.8) is 0 Å². The van der Waals surface area contributed by atoms with Gasteiger partial charge in [-0.1, -0.05) is 23.7 Å². The monoisotopic (exact) mass is 662 g/mol. The van der Waals surface area contributed by atoms with E-state index >= 15 is 0 Å². The van der Waals surface area contributed by atoms with Crippen molar-refractivity contribution in [1.29, 1.82) is 0 Å². The molecule has 0 saturated carbocycles. The van der Waals surface area contributed by atoms with Crippen molar-refractivity contribution in [2.24, 2.45) is 0 Å². The second-order valence-electron chi connectivity index (χ2n) is 11.2. The standard InChI is InChI=1S/C31H37ClF2N6O6/c1-31(2,3)46-29(43)36-13-12-35-26(41)11-10-23(40(4)28(42)38-17-20-6-5-7-24(34)27(20)32)18-45-30(44)39-25-15-21-14-22(33)9-8-19(21)16-37-25/h5-9,14-16,23H,10-13,17-18H2,1-4H3,(H,35,41)(H,36,43)(H,38,42)(H,37,39,44)/t23-/m0/s1. The van der Waals surface area contributed by atoms with Crippen LogP contribution in [0.3, 0.4) is 0 Å². The number of urea groups is 1. The number of carbonyl (C=O) groups excluding carboxylic acids is 4. The molecule has 0 aliphatic rings. The first-order chi connectivity index (χ1) is 21.7. The summed E-state index contributed by atoms with van der Waals surface area (Å²) in [5.41, 5.74) is -0.299. The fourth-order valence-corrected chi connectivity index (χ4v) is 4.29. The van der Waals surface area contributed by atoms with Gasteiger partial charge in [-0.15, -0.1) is 0 Å². The number of alkyl carbamates (subject to hydrolysis) is 1. The van der Waals surface area contributed by atoms with Gasteiger partial charge >= 0.3 is 18.2 Å². The molecule has 15 heteroatoms. The Morgan fingerprint density at radius 2 is 1.72 bits per heavy atom. The number of nitrogens with one attached hydrogen (secondary N) is 4. The predicted octanol–water partition coefficient (Wildman–Crippen LogP) is 5.35. The Hall–Kier alpha value is -4.72. The molecule has 1 heterocycles. The zero-order chi connectivity index (χ0) is 33.9. The molecular formula is C31H37ClF2N6O6. The first-order valence-corrected chi connectivity index (χ1v) is 14.8. The molecule has 12 nitrogen and oxygen atoms in total. The molecule has 0 unspecified atom stereocenters. The van der Waals surface area contributed by atoms with E-state index in [1.807, 2.05) is 0 Å². The Labute approximate surface area is 270 Å². The maximum absolute atomic E-state index is 13.8. The van der Waals surface area contributed by atoms with Crippen LogP contribution in [0, 0.1) is 11.6 Å². The lowest BCUT2D eigenvalue weighted by Gasteiger charge is -2.28. The lowest BCUT2D eigenvalue weighted by Crippen LogP contribution is -2.46. The van der Waals surface area contributed by atoms with Gasteiger partial charge < -0.3 is 30.3 Å². The van der Waals surface area contributed by atoms with Gasteiger partial charge in [-0.05, 0) is 68.5 Å². The second-order valence-corrected chi connectivity index (χ2v) is 11.6. The summed E-state index contributed by atoms with van der Waals surface area (Å²) in [6, 6.07) is 8.50. The largest absolute Gasteiger partial charge is 0.447 e. The highest BCUT2D eigenvalue weighted by Crippen LogP contribution is 2.20. The molecule has 3 aromatic rings. The third-order valence-electron chi connectivity index (χ3n) is 6.47. The molecular weight excluding hydrogens is 626 g/mol. The lowest BCUT2D eigenvalue weighted by molar-refractivity contribution is -0.121. The van der Waals surface area contributed by atoms with Crippen molar-refractivity contribution >= 4 is 52.3 Å². The number of benzene rings is 2. The molecule has 0 radical (unpaired) electrons. The Morgan fingerprint density at radius 1 is 0.978 bits per heavy atom. The molecule has 0 fully saturated rings. The van der Waals surface area contributed by atoms with Gasteiger partial charge in [0, 0.05) is 44.7 Å². The van der Waals surface area contributed by atoms with Crippen LogP contribution in [-0.2, 0) is 20.8 Å². The highest BCUT2D eigenvalue weighted by Gasteiger charge is 2.23. The van der Waals surface area contributed by atoms with Crippen LogP contribution in [0.5, 0.6) is 0 Å². The fraction of sp³-hybridized carbons (Fsp3) is 0.387. The number of rotatable bonds is 12. The average molecular weight is 663 g/mol. The number of fused-ring (bicyclic) bond motifs is 1. The summed E-state index contributed by atoms with van der Waals surface area (Å²) in [6.07, 6.45) is 0.0173. The predicted molar refractivity (Wildman–Crippen MR) is 168 cm³/mol. The van der Waals surface area contributed by atoms with Crippen LogP contribution in [-0.4, -0.2) is 72.4 Å². The number of halogens is 3. The van der Waals surface area contributed by atoms with E-state index in [4.69, 9.17) is 21.1 Å². The van der Waals surface area contributed by atoms with Gasteiger partial charge in [-0.3, -0.25) is 10.1 Å². The summed E-state index contributed by atoms with van der Waals surface area (Å²) in [6.45, 7) is 5.08. The van der Waals surface area contributed by atoms with Crippen molar-refractivity contribution in [3.8, 4) is 0 Å². The summed E-state index contributed by atoms with van der Waals surface area (Å²) in [5.74, 6) is -1.32. The van der Waals surface area contributed by atoms with Crippen LogP contribution >= 0.6 is 11.6 Å². The van der Waals surface area contributed by atoms with E-state index in [2.05, 4.69) is 26.3 Å². The van der Waals surface area contributed by atoms with Crippen LogP contribution in [0.1, 0.15) is 39.2 Å². The van der Waals surface area contributed by atoms with E-state index in [0.29, 0.717) is 16.3 Å². The van der Waals surface area contributed by atoms with Gasteiger partial charge in [-0.25, -0.2) is 28.1 Å². The Kier molecular flexibility index (Phi) is 12.9. The smallest absolute Gasteiger partial charge is 0.412 e. The number of hydrogen-bond donors (Lipinski definition) is 4. The summed E-state index contributed by atoms with van der Waals surface area (Å²) in [4.78, 5) is 55.3. The highest BCUT2D eigenvalue weighted by molar-refractivity contribution is 6.31. The van der Waals surface area contributed by atoms with E-state index in [0.717, 1.165) is 0 Å². The van der Waals surface area contributed by atoms with Gasteiger partial charge in [0.1, 0.15) is 29.7 Å². The Morgan fingerprint density at radius 3 is 2.46 bits per heavy atom. The molecule has 248 valence electrons. The van der Waals surface area contributed by atoms with Gasteiger partial charge in [0.25, 0.3) is 0 Å². The number of hydrogen-bond acceptors (Lipinski definition) is 7. The van der Waals surface area contributed by atoms with E-state index in [9.17, 15) is 28.0 Å². The minimum absolute atomic E-state index is 0.0484. The fourth-order valence-electron chi connectivity index (χ4n) is 4.09. The molecule has 0 aliphatic heterocycles. The minimum atomic E-state index is -0.883. The lowest BCUT2D eigenvalue weighted by atomic mass is 10.1. The van der Waals surface area contributed by atoms with Gasteiger partial charge in [0.15, 0.2) is 0 Å². The molecule has 0 aliphatic carbocycles. The van der Waals surface area contributed by atoms with E-state index < -0.39 is 41.5 Å². The molecule has 0 bridgehead atoms. The molecule has 0 spiro atoms. The molecule has 1 atom stereocenters. The van der Waals surface area contributed by atoms with E-state index in [-0.39, 0.29) is 55.8 Å². The average Bonchev–Trinajstić information content (AvgIpc) is 2.98. The Balaban J connectivity index is 1.58. The van der Waals surface area contributed by atoms with E-state index in [1.165, 1.54) is 48.5 Å². The normalized spacial score (nSPS) is 11.7. The van der Waals surface area contributed by atoms with Crippen molar-refractivity contribution < 1.29 is 37.4 Å². The zero-order valence-corrected chi connectivity index (χ0v) is 26.7. The van der Waals surface area contributed by atoms with Gasteiger partial charge in [0.05, 0.1) is 11.1 Å². The van der Waals surface area contributed by atoms with Crippen molar-refractivity contribution in [2.75, 3.05) is 32.1 Å². The van der Waals surface area contributed by atoms with Crippen molar-refractivity contribution in [2.45, 2.75) is 51.8 Å². The molecule has 46 heavy (non-hydrogen) atoms. The quantitative estimate of drug-likeness (QED) is 0.191. The molecule has 1 aromatic heterocycles. The molecule has 0 saturated heterocycles. The first kappa shape index (κ1) is 35.8. The van der Waals surface area contributed by atoms with Gasteiger partial charge in [0.2, 0.25) is 5.91 Å². The van der Waals surface area contributed by atoms with Crippen molar-refractivity contribution in [1.82, 2.24) is 25.8 Å². The molecule has 2 aromatic carbocycles. The number of pyridine rings is 1. The van der Waals surface area contributed by atoms with Crippen LogP contribution in [0.15, 0.2) is 48.7 Å². The number of carbonyl (C=O) groups is 4. The summed E-state index contributed by atoms with van der Waals surface area (Å²) < 4.78 is 37.9. The zero-order valence-electron chi connectivity index (χ0n) is 25.9. The summed E-state index contributed by atoms with van der Waals surface area (Å²) in [5, 5.41) is 11.4. The summed E-state index contributed by atoms with van der Waals surface area (Å²) >= 11 is 5.99. The third-order valence-corrected chi connectivity index (χ3v) is 6.89. The van der Waals surface area contributed by atoms with Crippen LogP contribution < -0.4 is 21.3 Å². The molecule has 4 N–H and O–H groups in total. The minimum Gasteiger partial charge on any atom is -0.447 e. The third kappa shape index (κ3) is 11.7. The maximum Gasteiger partial charge on any atom is 0.412 e. The van der Waals surface area contributed by atoms with E-state index in [1.54, 1.807) is 32.9 Å². The number of amides is 5. The number of anilines is 1. The van der Waals surface area contributed by atoms with Crippen LogP contribution in [0.4, 0.5) is 29.0 Å². The first-order valence-electron chi connectivity index (χ1n) is 14.4. The Bertz CT molecular complexity index is 1550. The van der Waals surface area contributed by atoms with Crippen LogP contribution in [0.25, 0.3) is 10.8 Å². The number of aromatic nitrogens is 1. The van der Waals surface area contributed by atoms with Crippen LogP contribution in [0.2, 0.25) is 5.02 Å². The second kappa shape index (κ2) is 16.5. The number of ether oxygens (including phenoxy) is 2. The SMILES string of the molecule is CN(C(=O)NCc1cccc(F)c1Cl)[C@@H](CCC(=O)NCCNC(=O)OC(C)(C)C)COC(=O)Nc1cc2cc(F)ccc2cn1. The topological polar surface area (TPSA) is 151 Å². The maximum atomic E-state index is 13.8. The van der Waals surface area contributed by atoms with Crippen molar-refractivity contribution in [3.05, 3.63) is 70.9 Å². The number of nitrogens with zero attached hydrogens (tertiary/aromatic N) is 2. The molecule has 5 amide bonds. The van der Waals surface area contributed by atoms with Gasteiger partial charge in [-0.2, -0.15) is 0 Å².